The van der Waals surface area contributed by atoms with Gasteiger partial charge >= 0.3 is 5.97 Å². The fraction of sp³-hybridized carbons (Fsp3) is 0.316. The molecule has 1 saturated heterocycles. The van der Waals surface area contributed by atoms with E-state index in [-0.39, 0.29) is 16.0 Å². The van der Waals surface area contributed by atoms with Crippen molar-refractivity contribution in [1.29, 1.82) is 0 Å². The van der Waals surface area contributed by atoms with Gasteiger partial charge in [-0.2, -0.15) is 5.10 Å². The molecular formula is C19H20N2O4S2. The minimum atomic E-state index is -0.382. The lowest BCUT2D eigenvalue weighted by atomic mass is 10.1. The van der Waals surface area contributed by atoms with Crippen molar-refractivity contribution in [2.75, 3.05) is 18.6 Å². The predicted molar refractivity (Wildman–Crippen MR) is 109 cm³/mol. The Morgan fingerprint density at radius 1 is 1.22 bits per heavy atom. The van der Waals surface area contributed by atoms with Crippen LogP contribution < -0.4 is 5.43 Å². The van der Waals surface area contributed by atoms with E-state index in [9.17, 15) is 9.59 Å². The molecule has 1 N–H and O–H groups in total. The Bertz CT molecular complexity index is 840. The number of methoxy groups -OCH3 is 1. The van der Waals surface area contributed by atoms with Crippen LogP contribution in [0.15, 0.2) is 45.9 Å². The summed E-state index contributed by atoms with van der Waals surface area (Å²) in [6, 6.07) is 10.5. The fourth-order valence-electron chi connectivity index (χ4n) is 2.62. The highest BCUT2D eigenvalue weighted by molar-refractivity contribution is 8.21. The molecule has 1 fully saturated rings. The van der Waals surface area contributed by atoms with E-state index in [0.29, 0.717) is 23.5 Å². The summed E-state index contributed by atoms with van der Waals surface area (Å²) in [6.07, 6.45) is 1.90. The van der Waals surface area contributed by atoms with Crippen LogP contribution in [0.4, 0.5) is 0 Å². The van der Waals surface area contributed by atoms with Crippen LogP contribution in [-0.4, -0.2) is 40.8 Å². The van der Waals surface area contributed by atoms with Gasteiger partial charge < -0.3 is 9.15 Å². The molecule has 6 nitrogen and oxygen atoms in total. The number of hydrazone groups is 1. The van der Waals surface area contributed by atoms with Crippen LogP contribution in [0.1, 0.15) is 29.5 Å². The van der Waals surface area contributed by atoms with Crippen LogP contribution in [0.25, 0.3) is 11.3 Å². The third kappa shape index (κ3) is 5.17. The van der Waals surface area contributed by atoms with Crippen LogP contribution in [-0.2, 0) is 9.53 Å². The van der Waals surface area contributed by atoms with Gasteiger partial charge in [0.2, 0.25) is 5.91 Å². The highest BCUT2D eigenvalue weighted by atomic mass is 32.2. The zero-order valence-corrected chi connectivity index (χ0v) is 16.7. The number of carbonyl (C=O) groups is 2. The van der Waals surface area contributed by atoms with Crippen molar-refractivity contribution in [1.82, 2.24) is 5.43 Å². The minimum Gasteiger partial charge on any atom is -0.465 e. The Labute approximate surface area is 166 Å². The van der Waals surface area contributed by atoms with E-state index in [2.05, 4.69) is 22.2 Å². The molecule has 0 radical (unpaired) electrons. The van der Waals surface area contributed by atoms with Gasteiger partial charge in [0.1, 0.15) is 11.5 Å². The number of hydrogen-bond donors (Lipinski definition) is 1. The average Bonchev–Trinajstić information content (AvgIpc) is 3.30. The maximum atomic E-state index is 12.0. The third-order valence-electron chi connectivity index (χ3n) is 3.98. The molecule has 2 heterocycles. The number of amides is 1. The van der Waals surface area contributed by atoms with Crippen molar-refractivity contribution < 1.29 is 18.7 Å². The number of carbonyl (C=O) groups excluding carboxylic acids is 2. The first kappa shape index (κ1) is 19.6. The Kier molecular flexibility index (Phi) is 6.28. The predicted octanol–water partition coefficient (Wildman–Crippen LogP) is 3.77. The zero-order valence-electron chi connectivity index (χ0n) is 15.1. The highest BCUT2D eigenvalue weighted by Gasteiger charge is 2.32. The number of esters is 1. The first-order valence-electron chi connectivity index (χ1n) is 8.37. The molecule has 1 amide bonds. The molecule has 1 aromatic heterocycles. The summed E-state index contributed by atoms with van der Waals surface area (Å²) < 4.78 is 10.3. The monoisotopic (exact) mass is 404 g/mol. The summed E-state index contributed by atoms with van der Waals surface area (Å²) >= 11 is 3.62. The van der Waals surface area contributed by atoms with Gasteiger partial charge in [0.25, 0.3) is 0 Å². The lowest BCUT2D eigenvalue weighted by molar-refractivity contribution is -0.121. The Morgan fingerprint density at radius 3 is 2.59 bits per heavy atom. The smallest absolute Gasteiger partial charge is 0.337 e. The number of thioether (sulfide) groups is 2. The van der Waals surface area contributed by atoms with Crippen molar-refractivity contribution in [3.63, 3.8) is 0 Å². The van der Waals surface area contributed by atoms with Gasteiger partial charge in [-0.25, -0.2) is 10.2 Å². The number of benzene rings is 1. The average molecular weight is 405 g/mol. The quantitative estimate of drug-likeness (QED) is 0.448. The van der Waals surface area contributed by atoms with Crippen molar-refractivity contribution in [2.45, 2.75) is 17.4 Å². The summed E-state index contributed by atoms with van der Waals surface area (Å²) in [5.41, 5.74) is 3.86. The lowest BCUT2D eigenvalue weighted by Gasteiger charge is -2.19. The molecular weight excluding hydrogens is 384 g/mol. The van der Waals surface area contributed by atoms with Crippen molar-refractivity contribution in [3.05, 3.63) is 47.7 Å². The van der Waals surface area contributed by atoms with Crippen LogP contribution in [0.3, 0.4) is 0 Å². The number of nitrogens with zero attached hydrogens (tertiary/aromatic N) is 1. The molecule has 0 atom stereocenters. The van der Waals surface area contributed by atoms with Gasteiger partial charge in [-0.3, -0.25) is 4.79 Å². The van der Waals surface area contributed by atoms with Gasteiger partial charge in [0.05, 0.1) is 29.4 Å². The van der Waals surface area contributed by atoms with E-state index >= 15 is 0 Å². The van der Waals surface area contributed by atoms with E-state index in [1.54, 1.807) is 30.3 Å². The molecule has 1 aliphatic heterocycles. The zero-order chi connectivity index (χ0) is 19.3. The molecule has 0 aliphatic carbocycles. The molecule has 3 rings (SSSR count). The first-order valence-corrected chi connectivity index (χ1v) is 10.3. The van der Waals surface area contributed by atoms with E-state index in [0.717, 1.165) is 17.1 Å². The lowest BCUT2D eigenvalue weighted by Crippen LogP contribution is -2.26. The fourth-order valence-corrected chi connectivity index (χ4v) is 5.45. The minimum absolute atomic E-state index is 0.0617. The number of rotatable bonds is 6. The molecule has 8 heteroatoms. The van der Waals surface area contributed by atoms with Crippen molar-refractivity contribution >= 4 is 41.6 Å². The Hall–Kier alpha value is -2.19. The summed E-state index contributed by atoms with van der Waals surface area (Å²) in [7, 11) is 1.35. The summed E-state index contributed by atoms with van der Waals surface area (Å²) in [5.74, 6) is 2.83. The topological polar surface area (TPSA) is 80.9 Å². The van der Waals surface area contributed by atoms with Gasteiger partial charge in [-0.15, -0.1) is 23.5 Å². The van der Waals surface area contributed by atoms with Crippen LogP contribution in [0.5, 0.6) is 0 Å². The number of ether oxygens (including phenoxy) is 1. The van der Waals surface area contributed by atoms with Crippen LogP contribution in [0.2, 0.25) is 0 Å². The van der Waals surface area contributed by atoms with Gasteiger partial charge in [0.15, 0.2) is 0 Å². The summed E-state index contributed by atoms with van der Waals surface area (Å²) in [6.45, 7) is 2.09. The molecule has 0 spiro atoms. The second-order valence-electron chi connectivity index (χ2n) is 6.07. The SMILES string of the molecule is COC(=O)c1ccc(-c2ccc(C=NNC(=O)CC3(C)SCCS3)o2)cc1. The molecule has 1 aliphatic rings. The van der Waals surface area contributed by atoms with Gasteiger partial charge in [-0.05, 0) is 31.2 Å². The second kappa shape index (κ2) is 8.67. The Morgan fingerprint density at radius 2 is 1.93 bits per heavy atom. The van der Waals surface area contributed by atoms with E-state index in [1.165, 1.54) is 13.3 Å². The van der Waals surface area contributed by atoms with E-state index in [4.69, 9.17) is 4.42 Å². The number of hydrogen-bond acceptors (Lipinski definition) is 7. The molecule has 0 bridgehead atoms. The van der Waals surface area contributed by atoms with Gasteiger partial charge in [-0.1, -0.05) is 12.1 Å². The van der Waals surface area contributed by atoms with Crippen LogP contribution in [0, 0.1) is 0 Å². The molecule has 142 valence electrons. The summed E-state index contributed by atoms with van der Waals surface area (Å²) in [4.78, 5) is 23.5. The standard InChI is InChI=1S/C19H20N2O4S2/c1-19(26-9-10-27-19)11-17(22)21-20-12-15-7-8-16(25-15)13-3-5-14(6-4-13)18(23)24-2/h3-8,12H,9-11H2,1-2H3,(H,21,22). The molecule has 27 heavy (non-hydrogen) atoms. The third-order valence-corrected chi connectivity index (χ3v) is 7.27. The first-order chi connectivity index (χ1) is 13.0. The normalized spacial score (nSPS) is 15.8. The number of nitrogens with one attached hydrogen (secondary N) is 1. The van der Waals surface area contributed by atoms with E-state index in [1.807, 2.05) is 29.6 Å². The second-order valence-corrected chi connectivity index (χ2v) is 9.53. The van der Waals surface area contributed by atoms with Crippen molar-refractivity contribution in [2.24, 2.45) is 5.10 Å². The maximum absolute atomic E-state index is 12.0. The number of furan rings is 1. The summed E-state index contributed by atoms with van der Waals surface area (Å²) in [5, 5.41) is 3.97. The largest absolute Gasteiger partial charge is 0.465 e. The molecule has 2 aromatic rings. The van der Waals surface area contributed by atoms with E-state index < -0.39 is 0 Å². The molecule has 0 saturated carbocycles. The molecule has 0 unspecified atom stereocenters. The molecule has 1 aromatic carbocycles. The Balaban J connectivity index is 1.56. The van der Waals surface area contributed by atoms with Gasteiger partial charge in [0, 0.05) is 17.1 Å². The van der Waals surface area contributed by atoms with Crippen LogP contribution >= 0.6 is 23.5 Å². The maximum Gasteiger partial charge on any atom is 0.337 e. The highest BCUT2D eigenvalue weighted by Crippen LogP contribution is 2.45. The van der Waals surface area contributed by atoms with Crippen molar-refractivity contribution in [3.8, 4) is 11.3 Å².